The number of nitrogens with zero attached hydrogens (tertiary/aromatic N) is 4. The molecule has 0 saturated carbocycles. The summed E-state index contributed by atoms with van der Waals surface area (Å²) in [6.45, 7) is 5.27. The predicted molar refractivity (Wildman–Crippen MR) is 92.2 cm³/mol. The second-order valence-electron chi connectivity index (χ2n) is 6.32. The second kappa shape index (κ2) is 7.15. The van der Waals surface area contributed by atoms with Crippen LogP contribution in [0.4, 0.5) is 0 Å². The summed E-state index contributed by atoms with van der Waals surface area (Å²) in [7, 11) is 1.94. The zero-order valence-corrected chi connectivity index (χ0v) is 14.2. The molecule has 6 nitrogen and oxygen atoms in total. The van der Waals surface area contributed by atoms with E-state index in [0.29, 0.717) is 13.1 Å². The Labute approximate surface area is 142 Å². The molecule has 0 spiro atoms. The molecule has 1 aromatic heterocycles. The molecular weight excluding hydrogens is 304 g/mol. The number of aromatic nitrogens is 2. The van der Waals surface area contributed by atoms with Gasteiger partial charge in [-0.2, -0.15) is 5.10 Å². The smallest absolute Gasteiger partial charge is 0.251 e. The molecule has 0 radical (unpaired) electrons. The zero-order valence-electron chi connectivity index (χ0n) is 14.2. The zero-order chi connectivity index (χ0) is 17.1. The first-order valence-electron chi connectivity index (χ1n) is 8.32. The number of piperazine rings is 1. The van der Waals surface area contributed by atoms with Gasteiger partial charge >= 0.3 is 0 Å². The Bertz CT molecular complexity index is 688. The highest BCUT2D eigenvalue weighted by Gasteiger charge is 2.24. The van der Waals surface area contributed by atoms with Crippen molar-refractivity contribution in [2.75, 3.05) is 26.2 Å². The van der Waals surface area contributed by atoms with Gasteiger partial charge in [-0.3, -0.25) is 14.4 Å². The standard InChI is InChI=1S/C18H24N4O2/c1-14(23)18(24)22-10-8-21(9-11-22)13-16-12-20(2)19-17(16)15-6-4-3-5-7-15/h3-7,12,14,23H,8-11,13H2,1-2H3. The molecule has 1 saturated heterocycles. The minimum absolute atomic E-state index is 0.180. The first-order valence-corrected chi connectivity index (χ1v) is 8.32. The molecule has 1 atom stereocenters. The number of aliphatic hydroxyl groups is 1. The van der Waals surface area contributed by atoms with E-state index < -0.39 is 6.10 Å². The number of carbonyl (C=O) groups is 1. The minimum atomic E-state index is -0.917. The van der Waals surface area contributed by atoms with Gasteiger partial charge in [-0.25, -0.2) is 0 Å². The topological polar surface area (TPSA) is 61.6 Å². The number of hydrogen-bond donors (Lipinski definition) is 1. The van der Waals surface area contributed by atoms with Gasteiger partial charge in [0, 0.05) is 57.1 Å². The highest BCUT2D eigenvalue weighted by atomic mass is 16.3. The van der Waals surface area contributed by atoms with Gasteiger partial charge in [0.2, 0.25) is 0 Å². The van der Waals surface area contributed by atoms with Crippen LogP contribution in [0.15, 0.2) is 36.5 Å². The Balaban J connectivity index is 1.67. The Kier molecular flexibility index (Phi) is 4.97. The number of amides is 1. The van der Waals surface area contributed by atoms with Crippen molar-refractivity contribution < 1.29 is 9.90 Å². The highest BCUT2D eigenvalue weighted by Crippen LogP contribution is 2.23. The number of hydrogen-bond acceptors (Lipinski definition) is 4. The van der Waals surface area contributed by atoms with Crippen molar-refractivity contribution in [3.05, 3.63) is 42.1 Å². The Hall–Kier alpha value is -2.18. The normalized spacial score (nSPS) is 17.0. The molecule has 1 unspecified atom stereocenters. The third-order valence-corrected chi connectivity index (χ3v) is 4.39. The average molecular weight is 328 g/mol. The van der Waals surface area contributed by atoms with Crippen molar-refractivity contribution in [3.8, 4) is 11.3 Å². The summed E-state index contributed by atoms with van der Waals surface area (Å²) < 4.78 is 1.85. The van der Waals surface area contributed by atoms with Gasteiger partial charge in [-0.05, 0) is 6.92 Å². The van der Waals surface area contributed by atoms with Gasteiger partial charge in [-0.1, -0.05) is 30.3 Å². The predicted octanol–water partition coefficient (Wildman–Crippen LogP) is 1.11. The van der Waals surface area contributed by atoms with E-state index in [9.17, 15) is 9.90 Å². The monoisotopic (exact) mass is 328 g/mol. The van der Waals surface area contributed by atoms with Crippen molar-refractivity contribution in [3.63, 3.8) is 0 Å². The number of aliphatic hydroxyl groups excluding tert-OH is 1. The number of aryl methyl sites for hydroxylation is 1. The fourth-order valence-electron chi connectivity index (χ4n) is 3.12. The van der Waals surface area contributed by atoms with Gasteiger partial charge in [0.25, 0.3) is 5.91 Å². The van der Waals surface area contributed by atoms with Crippen LogP contribution in [-0.2, 0) is 18.4 Å². The summed E-state index contributed by atoms with van der Waals surface area (Å²) >= 11 is 0. The largest absolute Gasteiger partial charge is 0.384 e. The van der Waals surface area contributed by atoms with Crippen molar-refractivity contribution in [1.29, 1.82) is 0 Å². The molecule has 24 heavy (non-hydrogen) atoms. The van der Waals surface area contributed by atoms with Crippen molar-refractivity contribution in [2.45, 2.75) is 19.6 Å². The first kappa shape index (κ1) is 16.7. The second-order valence-corrected chi connectivity index (χ2v) is 6.32. The van der Waals surface area contributed by atoms with Gasteiger partial charge in [0.1, 0.15) is 6.10 Å². The Morgan fingerprint density at radius 1 is 1.21 bits per heavy atom. The summed E-state index contributed by atoms with van der Waals surface area (Å²) in [6.07, 6.45) is 1.15. The van der Waals surface area contributed by atoms with Crippen LogP contribution in [0.25, 0.3) is 11.3 Å². The van der Waals surface area contributed by atoms with E-state index in [1.54, 1.807) is 4.90 Å². The van der Waals surface area contributed by atoms with E-state index in [0.717, 1.165) is 30.9 Å². The van der Waals surface area contributed by atoms with Crippen molar-refractivity contribution in [1.82, 2.24) is 19.6 Å². The van der Waals surface area contributed by atoms with Crippen LogP contribution < -0.4 is 0 Å². The van der Waals surface area contributed by atoms with Crippen LogP contribution in [0.2, 0.25) is 0 Å². The fraction of sp³-hybridized carbons (Fsp3) is 0.444. The van der Waals surface area contributed by atoms with E-state index >= 15 is 0 Å². The third-order valence-electron chi connectivity index (χ3n) is 4.39. The summed E-state index contributed by atoms with van der Waals surface area (Å²) in [6, 6.07) is 10.2. The molecule has 6 heteroatoms. The first-order chi connectivity index (χ1) is 11.5. The molecule has 1 fully saturated rings. The summed E-state index contributed by atoms with van der Waals surface area (Å²) in [5.74, 6) is -0.180. The van der Waals surface area contributed by atoms with Crippen molar-refractivity contribution >= 4 is 5.91 Å². The molecule has 128 valence electrons. The van der Waals surface area contributed by atoms with Crippen LogP contribution in [0, 0.1) is 0 Å². The van der Waals surface area contributed by atoms with Gasteiger partial charge in [0.15, 0.2) is 0 Å². The summed E-state index contributed by atoms with van der Waals surface area (Å²) in [4.78, 5) is 15.9. The van der Waals surface area contributed by atoms with E-state index in [4.69, 9.17) is 0 Å². The highest BCUT2D eigenvalue weighted by molar-refractivity contribution is 5.80. The maximum absolute atomic E-state index is 11.8. The summed E-state index contributed by atoms with van der Waals surface area (Å²) in [5, 5.41) is 14.0. The van der Waals surface area contributed by atoms with E-state index in [1.807, 2.05) is 29.9 Å². The molecule has 2 aromatic rings. The number of carbonyl (C=O) groups excluding carboxylic acids is 1. The van der Waals surface area contributed by atoms with Gasteiger partial charge in [-0.15, -0.1) is 0 Å². The Morgan fingerprint density at radius 3 is 2.50 bits per heavy atom. The summed E-state index contributed by atoms with van der Waals surface area (Å²) in [5.41, 5.74) is 3.33. The van der Waals surface area contributed by atoms with Crippen LogP contribution in [0.3, 0.4) is 0 Å². The lowest BCUT2D eigenvalue weighted by molar-refractivity contribution is -0.141. The lowest BCUT2D eigenvalue weighted by Gasteiger charge is -2.35. The molecule has 0 aliphatic carbocycles. The van der Waals surface area contributed by atoms with E-state index in [2.05, 4.69) is 28.3 Å². The molecule has 1 aliphatic rings. The lowest BCUT2D eigenvalue weighted by Crippen LogP contribution is -2.50. The van der Waals surface area contributed by atoms with Crippen LogP contribution in [0.1, 0.15) is 12.5 Å². The molecule has 2 heterocycles. The van der Waals surface area contributed by atoms with Gasteiger partial charge < -0.3 is 10.0 Å². The van der Waals surface area contributed by atoms with Crippen LogP contribution in [0.5, 0.6) is 0 Å². The SMILES string of the molecule is CC(O)C(=O)N1CCN(Cc2cn(C)nc2-c2ccccc2)CC1. The maximum atomic E-state index is 11.8. The van der Waals surface area contributed by atoms with Gasteiger partial charge in [0.05, 0.1) is 5.69 Å². The lowest BCUT2D eigenvalue weighted by atomic mass is 10.1. The maximum Gasteiger partial charge on any atom is 0.251 e. The molecule has 1 N–H and O–H groups in total. The quantitative estimate of drug-likeness (QED) is 0.913. The van der Waals surface area contributed by atoms with Crippen molar-refractivity contribution in [2.24, 2.45) is 7.05 Å². The van der Waals surface area contributed by atoms with E-state index in [-0.39, 0.29) is 5.91 Å². The van der Waals surface area contributed by atoms with Crippen LogP contribution >= 0.6 is 0 Å². The average Bonchev–Trinajstić information content (AvgIpc) is 2.96. The van der Waals surface area contributed by atoms with Crippen LogP contribution in [-0.4, -0.2) is 62.9 Å². The minimum Gasteiger partial charge on any atom is -0.384 e. The Morgan fingerprint density at radius 2 is 1.88 bits per heavy atom. The molecule has 1 aromatic carbocycles. The molecule has 1 amide bonds. The molecule has 1 aliphatic heterocycles. The fourth-order valence-corrected chi connectivity index (χ4v) is 3.12. The number of rotatable bonds is 4. The van der Waals surface area contributed by atoms with E-state index in [1.165, 1.54) is 12.5 Å². The molecule has 3 rings (SSSR count). The number of benzene rings is 1. The molecule has 0 bridgehead atoms. The molecular formula is C18H24N4O2. The third kappa shape index (κ3) is 3.66.